The Morgan fingerprint density at radius 1 is 1.00 bits per heavy atom. The van der Waals surface area contributed by atoms with E-state index in [0.29, 0.717) is 28.2 Å². The first-order valence-electron chi connectivity index (χ1n) is 10.1. The first kappa shape index (κ1) is 20.8. The van der Waals surface area contributed by atoms with Crippen LogP contribution >= 0.6 is 11.8 Å². The van der Waals surface area contributed by atoms with Crippen LogP contribution in [0.2, 0.25) is 0 Å². The zero-order valence-electron chi connectivity index (χ0n) is 17.2. The summed E-state index contributed by atoms with van der Waals surface area (Å²) in [5, 5.41) is 11.3. The van der Waals surface area contributed by atoms with Gasteiger partial charge in [-0.1, -0.05) is 42.1 Å². The maximum absolute atomic E-state index is 12.5. The van der Waals surface area contributed by atoms with E-state index in [0.717, 1.165) is 17.4 Å². The molecule has 1 atom stereocenters. The molecule has 0 unspecified atom stereocenters. The molecule has 0 saturated carbocycles. The van der Waals surface area contributed by atoms with Crippen molar-refractivity contribution in [3.8, 4) is 28.8 Å². The predicted octanol–water partition coefficient (Wildman–Crippen LogP) is 3.10. The number of hydrogen-bond acceptors (Lipinski definition) is 8. The van der Waals surface area contributed by atoms with E-state index in [1.54, 1.807) is 41.2 Å². The van der Waals surface area contributed by atoms with Crippen LogP contribution in [0.4, 0.5) is 0 Å². The molecule has 1 N–H and O–H groups in total. The molecule has 166 valence electrons. The Kier molecular flexibility index (Phi) is 5.81. The van der Waals surface area contributed by atoms with Crippen molar-refractivity contribution < 1.29 is 23.5 Å². The summed E-state index contributed by atoms with van der Waals surface area (Å²) in [6.07, 6.45) is 0.646. The summed E-state index contributed by atoms with van der Waals surface area (Å²) in [5.41, 5.74) is 0.819. The van der Waals surface area contributed by atoms with Crippen molar-refractivity contribution in [3.05, 3.63) is 73.0 Å². The van der Waals surface area contributed by atoms with Gasteiger partial charge in [0.1, 0.15) is 6.61 Å². The van der Waals surface area contributed by atoms with Crippen molar-refractivity contribution in [2.75, 3.05) is 12.4 Å². The van der Waals surface area contributed by atoms with Crippen LogP contribution in [0.15, 0.2) is 82.6 Å². The number of nitrogens with zero attached hydrogens (tertiary/aromatic N) is 3. The van der Waals surface area contributed by atoms with Crippen molar-refractivity contribution in [3.63, 3.8) is 0 Å². The summed E-state index contributed by atoms with van der Waals surface area (Å²) in [5.74, 6) is 1.01. The molecule has 0 radical (unpaired) electrons. The Hall–Kier alpha value is -4.05. The summed E-state index contributed by atoms with van der Waals surface area (Å²) in [7, 11) is 0. The van der Waals surface area contributed by atoms with Gasteiger partial charge >= 0.3 is 0 Å². The number of para-hydroxylation sites is 3. The summed E-state index contributed by atoms with van der Waals surface area (Å²) < 4.78 is 18.5. The molecule has 2 aromatic heterocycles. The molecule has 10 heteroatoms. The van der Waals surface area contributed by atoms with E-state index in [2.05, 4.69) is 15.5 Å². The highest BCUT2D eigenvalue weighted by Gasteiger charge is 2.28. The highest BCUT2D eigenvalue weighted by atomic mass is 32.2. The van der Waals surface area contributed by atoms with Gasteiger partial charge in [-0.15, -0.1) is 10.2 Å². The minimum absolute atomic E-state index is 0.0259. The van der Waals surface area contributed by atoms with Crippen LogP contribution in [-0.4, -0.2) is 45.0 Å². The van der Waals surface area contributed by atoms with Gasteiger partial charge < -0.3 is 13.9 Å². The van der Waals surface area contributed by atoms with E-state index in [4.69, 9.17) is 13.9 Å². The number of aromatic nitrogens is 3. The monoisotopic (exact) mass is 462 g/mol. The van der Waals surface area contributed by atoms with Crippen LogP contribution in [0, 0.1) is 0 Å². The van der Waals surface area contributed by atoms with E-state index in [1.165, 1.54) is 0 Å². The first-order valence-corrected chi connectivity index (χ1v) is 11.1. The molecule has 2 aromatic carbocycles. The number of hydrogen-bond donors (Lipinski definition) is 1. The lowest BCUT2D eigenvalue weighted by Gasteiger charge is -2.25. The van der Waals surface area contributed by atoms with Gasteiger partial charge in [-0.3, -0.25) is 19.5 Å². The summed E-state index contributed by atoms with van der Waals surface area (Å²) >= 11 is 1.16. The number of carbonyl (C=O) groups is 2. The van der Waals surface area contributed by atoms with E-state index >= 15 is 0 Å². The number of thioether (sulfide) groups is 1. The molecule has 33 heavy (non-hydrogen) atoms. The van der Waals surface area contributed by atoms with Gasteiger partial charge in [0.15, 0.2) is 22.4 Å². The normalized spacial score (nSPS) is 14.6. The summed E-state index contributed by atoms with van der Waals surface area (Å²) in [6.45, 7) is 0.0259. The number of benzene rings is 2. The number of nitrogens with one attached hydrogen (secondary N) is 1. The van der Waals surface area contributed by atoms with Crippen LogP contribution < -0.4 is 14.8 Å². The third-order valence-corrected chi connectivity index (χ3v) is 5.71. The second kappa shape index (κ2) is 9.21. The molecule has 0 saturated heterocycles. The SMILES string of the molecule is O=C(CSc1nnc(-c2ccco2)n1-c1ccccc1)NC(=O)[C@H]1COc2ccccc2O1. The minimum Gasteiger partial charge on any atom is -0.485 e. The molecule has 3 heterocycles. The van der Waals surface area contributed by atoms with Crippen LogP contribution in [0.3, 0.4) is 0 Å². The second-order valence-electron chi connectivity index (χ2n) is 7.02. The maximum atomic E-state index is 12.5. The van der Waals surface area contributed by atoms with Crippen LogP contribution in [0.5, 0.6) is 11.5 Å². The lowest BCUT2D eigenvalue weighted by atomic mass is 10.2. The average molecular weight is 462 g/mol. The highest BCUT2D eigenvalue weighted by Crippen LogP contribution is 2.31. The van der Waals surface area contributed by atoms with E-state index in [-0.39, 0.29) is 12.4 Å². The lowest BCUT2D eigenvalue weighted by molar-refractivity contribution is -0.135. The van der Waals surface area contributed by atoms with Crippen molar-refractivity contribution in [2.24, 2.45) is 0 Å². The molecule has 1 aliphatic rings. The Morgan fingerprint density at radius 3 is 2.58 bits per heavy atom. The number of fused-ring (bicyclic) bond motifs is 1. The third-order valence-electron chi connectivity index (χ3n) is 4.79. The van der Waals surface area contributed by atoms with Crippen molar-refractivity contribution in [1.29, 1.82) is 0 Å². The van der Waals surface area contributed by atoms with Gasteiger partial charge in [-0.05, 0) is 36.4 Å². The van der Waals surface area contributed by atoms with Gasteiger partial charge in [0.2, 0.25) is 17.8 Å². The van der Waals surface area contributed by atoms with Crippen molar-refractivity contribution in [1.82, 2.24) is 20.1 Å². The van der Waals surface area contributed by atoms with E-state index < -0.39 is 17.9 Å². The number of imide groups is 1. The van der Waals surface area contributed by atoms with Crippen molar-refractivity contribution in [2.45, 2.75) is 11.3 Å². The quantitative estimate of drug-likeness (QED) is 0.436. The van der Waals surface area contributed by atoms with E-state index in [9.17, 15) is 9.59 Å². The van der Waals surface area contributed by atoms with Gasteiger partial charge in [-0.2, -0.15) is 0 Å². The molecule has 0 fully saturated rings. The Labute approximate surface area is 192 Å². The number of rotatable bonds is 6. The zero-order valence-corrected chi connectivity index (χ0v) is 18.0. The fraction of sp³-hybridized carbons (Fsp3) is 0.130. The fourth-order valence-corrected chi connectivity index (χ4v) is 4.02. The zero-order chi connectivity index (χ0) is 22.6. The first-order chi connectivity index (χ1) is 16.2. The molecule has 5 rings (SSSR count). The highest BCUT2D eigenvalue weighted by molar-refractivity contribution is 7.99. The molecular weight excluding hydrogens is 444 g/mol. The fourth-order valence-electron chi connectivity index (χ4n) is 3.27. The topological polar surface area (TPSA) is 108 Å². The third kappa shape index (κ3) is 4.46. The number of furan rings is 1. The predicted molar refractivity (Wildman–Crippen MR) is 119 cm³/mol. The number of carbonyl (C=O) groups excluding carboxylic acids is 2. The maximum Gasteiger partial charge on any atom is 0.271 e. The molecule has 0 aliphatic carbocycles. The van der Waals surface area contributed by atoms with Crippen LogP contribution in [-0.2, 0) is 9.59 Å². The van der Waals surface area contributed by atoms with Gasteiger partial charge in [0.25, 0.3) is 5.91 Å². The average Bonchev–Trinajstić information content (AvgIpc) is 3.53. The molecule has 0 spiro atoms. The molecule has 2 amide bonds. The number of ether oxygens (including phenoxy) is 2. The molecule has 4 aromatic rings. The largest absolute Gasteiger partial charge is 0.485 e. The van der Waals surface area contributed by atoms with Crippen LogP contribution in [0.25, 0.3) is 17.3 Å². The lowest BCUT2D eigenvalue weighted by Crippen LogP contribution is -2.46. The Bertz CT molecular complexity index is 1270. The summed E-state index contributed by atoms with van der Waals surface area (Å²) in [4.78, 5) is 25.0. The Morgan fingerprint density at radius 2 is 1.79 bits per heavy atom. The summed E-state index contributed by atoms with van der Waals surface area (Å²) in [6, 6.07) is 20.1. The number of amides is 2. The standard InChI is InChI=1S/C23H18N4O5S/c28-20(24-22(29)19-13-31-16-9-4-5-10-17(16)32-19)14-33-23-26-25-21(18-11-6-12-30-18)27(23)15-7-2-1-3-8-15/h1-12,19H,13-14H2,(H,24,28,29)/t19-/m1/s1. The smallest absolute Gasteiger partial charge is 0.271 e. The molecule has 9 nitrogen and oxygen atoms in total. The van der Waals surface area contributed by atoms with Gasteiger partial charge in [0, 0.05) is 5.69 Å². The van der Waals surface area contributed by atoms with Crippen molar-refractivity contribution >= 4 is 23.6 Å². The Balaban J connectivity index is 1.26. The van der Waals surface area contributed by atoms with E-state index in [1.807, 2.05) is 36.4 Å². The van der Waals surface area contributed by atoms with Gasteiger partial charge in [-0.25, -0.2) is 0 Å². The van der Waals surface area contributed by atoms with Gasteiger partial charge in [0.05, 0.1) is 12.0 Å². The minimum atomic E-state index is -0.910. The molecule has 1 aliphatic heterocycles. The van der Waals surface area contributed by atoms with Crippen LogP contribution in [0.1, 0.15) is 0 Å². The molecule has 0 bridgehead atoms. The molecular formula is C23H18N4O5S. The second-order valence-corrected chi connectivity index (χ2v) is 7.96.